The molecule has 0 bridgehead atoms. The van der Waals surface area contributed by atoms with Gasteiger partial charge in [-0.05, 0) is 18.8 Å². The number of hydrogen-bond acceptors (Lipinski definition) is 2. The van der Waals surface area contributed by atoms with Gasteiger partial charge < -0.3 is 0 Å². The average Bonchev–Trinajstić information content (AvgIpc) is 2.49. The van der Waals surface area contributed by atoms with Crippen LogP contribution in [0.15, 0.2) is 41.7 Å². The van der Waals surface area contributed by atoms with Crippen molar-refractivity contribution in [2.75, 3.05) is 0 Å². The van der Waals surface area contributed by atoms with E-state index in [9.17, 15) is 0 Å². The molecule has 0 atom stereocenters. The van der Waals surface area contributed by atoms with Gasteiger partial charge in [-0.25, -0.2) is 4.57 Å². The molecule has 1 aromatic rings. The Morgan fingerprint density at radius 3 is 2.21 bits per heavy atom. The van der Waals surface area contributed by atoms with Crippen molar-refractivity contribution in [2.24, 2.45) is 5.92 Å². The Morgan fingerprint density at radius 1 is 1.00 bits per heavy atom. The van der Waals surface area contributed by atoms with E-state index in [2.05, 4.69) is 12.1 Å². The van der Waals surface area contributed by atoms with Crippen LogP contribution in [0.25, 0.3) is 0 Å². The molecule has 0 unspecified atom stereocenters. The van der Waals surface area contributed by atoms with Crippen molar-refractivity contribution >= 4 is 0 Å². The fraction of sp³-hybridized carbons (Fsp3) is 0.438. The lowest BCUT2D eigenvalue weighted by atomic mass is 9.82. The van der Waals surface area contributed by atoms with Gasteiger partial charge in [0.1, 0.15) is 17.7 Å². The third-order valence-electron chi connectivity index (χ3n) is 3.77. The highest BCUT2D eigenvalue weighted by Gasteiger charge is 2.24. The zero-order valence-corrected chi connectivity index (χ0v) is 11.0. The predicted molar refractivity (Wildman–Crippen MR) is 71.5 cm³/mol. The van der Waals surface area contributed by atoms with E-state index >= 15 is 0 Å². The second kappa shape index (κ2) is 6.71. The molecule has 0 radical (unpaired) electrons. The van der Waals surface area contributed by atoms with Gasteiger partial charge in [-0.3, -0.25) is 0 Å². The SMILES string of the molecule is N#CC(C#N)=C(C[n+]1ccccc1)C1CCCCC1. The summed E-state index contributed by atoms with van der Waals surface area (Å²) in [4.78, 5) is 0. The molecule has 0 N–H and O–H groups in total. The Labute approximate surface area is 114 Å². The molecule has 1 heterocycles. The highest BCUT2D eigenvalue weighted by molar-refractivity contribution is 5.40. The van der Waals surface area contributed by atoms with E-state index in [1.54, 1.807) is 0 Å². The van der Waals surface area contributed by atoms with Gasteiger partial charge in [0.25, 0.3) is 0 Å². The Bertz CT molecular complexity index is 509. The third-order valence-corrected chi connectivity index (χ3v) is 3.77. The first-order chi connectivity index (χ1) is 9.35. The van der Waals surface area contributed by atoms with Crippen LogP contribution >= 0.6 is 0 Å². The molecule has 1 aliphatic rings. The number of nitrogens with zero attached hydrogens (tertiary/aromatic N) is 3. The van der Waals surface area contributed by atoms with Crippen molar-refractivity contribution in [1.29, 1.82) is 10.5 Å². The number of nitriles is 2. The maximum atomic E-state index is 9.17. The highest BCUT2D eigenvalue weighted by Crippen LogP contribution is 2.31. The molecule has 0 spiro atoms. The molecule has 0 saturated heterocycles. The van der Waals surface area contributed by atoms with Crippen LogP contribution in [0.5, 0.6) is 0 Å². The molecule has 2 rings (SSSR count). The van der Waals surface area contributed by atoms with E-state index < -0.39 is 0 Å². The Morgan fingerprint density at radius 2 is 1.63 bits per heavy atom. The van der Waals surface area contributed by atoms with Crippen molar-refractivity contribution < 1.29 is 4.57 Å². The highest BCUT2D eigenvalue weighted by atomic mass is 14.9. The summed E-state index contributed by atoms with van der Waals surface area (Å²) in [5.41, 5.74) is 1.32. The fourth-order valence-electron chi connectivity index (χ4n) is 2.77. The first kappa shape index (κ1) is 13.3. The van der Waals surface area contributed by atoms with Crippen LogP contribution in [-0.4, -0.2) is 0 Å². The molecule has 1 fully saturated rings. The van der Waals surface area contributed by atoms with Crippen LogP contribution in [0.2, 0.25) is 0 Å². The third kappa shape index (κ3) is 3.42. The summed E-state index contributed by atoms with van der Waals surface area (Å²) in [5, 5.41) is 18.3. The molecule has 1 saturated carbocycles. The maximum Gasteiger partial charge on any atom is 0.172 e. The maximum absolute atomic E-state index is 9.17. The van der Waals surface area contributed by atoms with Crippen molar-refractivity contribution in [3.63, 3.8) is 0 Å². The summed E-state index contributed by atoms with van der Waals surface area (Å²) in [7, 11) is 0. The fourth-order valence-corrected chi connectivity index (χ4v) is 2.77. The summed E-state index contributed by atoms with van der Waals surface area (Å²) in [6, 6.07) is 10.1. The van der Waals surface area contributed by atoms with Crippen LogP contribution < -0.4 is 4.57 Å². The molecule has 3 nitrogen and oxygen atoms in total. The van der Waals surface area contributed by atoms with Crippen LogP contribution in [0.1, 0.15) is 32.1 Å². The number of allylic oxidation sites excluding steroid dienone is 2. The van der Waals surface area contributed by atoms with E-state index in [1.807, 2.05) is 35.2 Å². The number of hydrogen-bond donors (Lipinski definition) is 0. The van der Waals surface area contributed by atoms with Crippen molar-refractivity contribution in [3.05, 3.63) is 41.7 Å². The topological polar surface area (TPSA) is 51.5 Å². The Kier molecular flexibility index (Phi) is 4.70. The van der Waals surface area contributed by atoms with Crippen molar-refractivity contribution in [3.8, 4) is 12.1 Å². The predicted octanol–water partition coefficient (Wildman–Crippen LogP) is 2.90. The lowest BCUT2D eigenvalue weighted by Crippen LogP contribution is -2.35. The standard InChI is InChI=1S/C16H18N3/c17-11-15(12-18)16(14-7-3-1-4-8-14)13-19-9-5-2-6-10-19/h2,5-6,9-10,14H,1,3-4,7-8,13H2/q+1. The summed E-state index contributed by atoms with van der Waals surface area (Å²) in [5.74, 6) is 0.399. The van der Waals surface area contributed by atoms with Gasteiger partial charge in [-0.1, -0.05) is 25.3 Å². The molecular formula is C16H18N3+. The van der Waals surface area contributed by atoms with Crippen LogP contribution in [0.4, 0.5) is 0 Å². The average molecular weight is 252 g/mol. The molecule has 3 heteroatoms. The van der Waals surface area contributed by atoms with Gasteiger partial charge in [-0.2, -0.15) is 10.5 Å². The lowest BCUT2D eigenvalue weighted by Gasteiger charge is -2.23. The summed E-state index contributed by atoms with van der Waals surface area (Å²) < 4.78 is 2.04. The quantitative estimate of drug-likeness (QED) is 0.613. The first-order valence-corrected chi connectivity index (χ1v) is 6.82. The largest absolute Gasteiger partial charge is 0.201 e. The molecular weight excluding hydrogens is 234 g/mol. The minimum atomic E-state index is 0.309. The van der Waals surface area contributed by atoms with E-state index in [0.29, 0.717) is 18.0 Å². The van der Waals surface area contributed by atoms with Gasteiger partial charge in [0.2, 0.25) is 0 Å². The van der Waals surface area contributed by atoms with E-state index in [-0.39, 0.29) is 0 Å². The van der Waals surface area contributed by atoms with Gasteiger partial charge in [0.05, 0.1) is 0 Å². The molecule has 1 aliphatic carbocycles. The number of rotatable bonds is 3. The Balaban J connectivity index is 2.28. The Hall–Kier alpha value is -2.13. The van der Waals surface area contributed by atoms with Gasteiger partial charge >= 0.3 is 0 Å². The van der Waals surface area contributed by atoms with Gasteiger partial charge in [0.15, 0.2) is 18.9 Å². The normalized spacial score (nSPS) is 15.3. The second-order valence-corrected chi connectivity index (χ2v) is 5.01. The molecule has 0 aliphatic heterocycles. The molecule has 1 aromatic heterocycles. The molecule has 96 valence electrons. The van der Waals surface area contributed by atoms with Gasteiger partial charge in [0, 0.05) is 17.7 Å². The van der Waals surface area contributed by atoms with Crippen molar-refractivity contribution in [1.82, 2.24) is 0 Å². The van der Waals surface area contributed by atoms with E-state index in [1.165, 1.54) is 19.3 Å². The zero-order chi connectivity index (χ0) is 13.5. The minimum absolute atomic E-state index is 0.309. The molecule has 19 heavy (non-hydrogen) atoms. The van der Waals surface area contributed by atoms with Gasteiger partial charge in [-0.15, -0.1) is 0 Å². The number of pyridine rings is 1. The summed E-state index contributed by atoms with van der Waals surface area (Å²) >= 11 is 0. The van der Waals surface area contributed by atoms with Crippen LogP contribution in [0, 0.1) is 28.6 Å². The van der Waals surface area contributed by atoms with E-state index in [0.717, 1.165) is 18.4 Å². The monoisotopic (exact) mass is 252 g/mol. The number of aromatic nitrogens is 1. The summed E-state index contributed by atoms with van der Waals surface area (Å²) in [6.07, 6.45) is 9.86. The minimum Gasteiger partial charge on any atom is -0.201 e. The zero-order valence-electron chi connectivity index (χ0n) is 11.0. The molecule has 0 aromatic carbocycles. The lowest BCUT2D eigenvalue weighted by molar-refractivity contribution is -0.689. The van der Waals surface area contributed by atoms with E-state index in [4.69, 9.17) is 10.5 Å². The summed E-state index contributed by atoms with van der Waals surface area (Å²) in [6.45, 7) is 0.655. The van der Waals surface area contributed by atoms with Crippen molar-refractivity contribution in [2.45, 2.75) is 38.6 Å². The smallest absolute Gasteiger partial charge is 0.172 e. The second-order valence-electron chi connectivity index (χ2n) is 5.01. The van der Waals surface area contributed by atoms with Crippen LogP contribution in [-0.2, 0) is 6.54 Å². The first-order valence-electron chi connectivity index (χ1n) is 6.82. The molecule has 0 amide bonds. The van der Waals surface area contributed by atoms with Crippen LogP contribution in [0.3, 0.4) is 0 Å².